The van der Waals surface area contributed by atoms with Crippen LogP contribution in [-0.4, -0.2) is 21.8 Å². The van der Waals surface area contributed by atoms with Gasteiger partial charge in [-0.2, -0.15) is 5.10 Å². The Morgan fingerprint density at radius 2 is 2.19 bits per heavy atom. The molecule has 1 heterocycles. The molecule has 0 amide bonds. The predicted molar refractivity (Wildman–Crippen MR) is 76.6 cm³/mol. The largest absolute Gasteiger partial charge is 0.490 e. The van der Waals surface area contributed by atoms with E-state index < -0.39 is 4.92 Å². The molecule has 0 aliphatic rings. The number of hydrogen-bond acceptors (Lipinski definition) is 5. The van der Waals surface area contributed by atoms with Gasteiger partial charge in [0.2, 0.25) is 0 Å². The quantitative estimate of drug-likeness (QED) is 0.604. The van der Waals surface area contributed by atoms with Gasteiger partial charge in [0.1, 0.15) is 6.61 Å². The van der Waals surface area contributed by atoms with Crippen molar-refractivity contribution in [3.8, 4) is 11.5 Å². The van der Waals surface area contributed by atoms with Gasteiger partial charge in [-0.05, 0) is 25.5 Å². The van der Waals surface area contributed by atoms with Crippen molar-refractivity contribution in [1.29, 1.82) is 0 Å². The van der Waals surface area contributed by atoms with E-state index in [0.29, 0.717) is 11.3 Å². The minimum absolute atomic E-state index is 0.0727. The lowest BCUT2D eigenvalue weighted by Crippen LogP contribution is -2.00. The molecule has 1 aromatic carbocycles. The van der Waals surface area contributed by atoms with Gasteiger partial charge in [-0.15, -0.1) is 0 Å². The summed E-state index contributed by atoms with van der Waals surface area (Å²) in [6.45, 7) is 4.27. The lowest BCUT2D eigenvalue weighted by Gasteiger charge is -2.06. The summed E-state index contributed by atoms with van der Waals surface area (Å²) in [5.74, 6) is 0.860. The molecule has 0 aliphatic heterocycles. The van der Waals surface area contributed by atoms with Crippen LogP contribution in [0.4, 0.5) is 5.69 Å². The molecule has 21 heavy (non-hydrogen) atoms. The Labute approximate surface area is 122 Å². The molecule has 0 saturated carbocycles. The summed E-state index contributed by atoms with van der Waals surface area (Å²) in [5.41, 5.74) is 0.622. The summed E-state index contributed by atoms with van der Waals surface area (Å²) in [6.07, 6.45) is 3.42. The zero-order valence-electron chi connectivity index (χ0n) is 12.1. The maximum Gasteiger partial charge on any atom is 0.311 e. The fraction of sp³-hybridized carbons (Fsp3) is 0.357. The first-order chi connectivity index (χ1) is 10.0. The van der Waals surface area contributed by atoms with E-state index in [1.165, 1.54) is 13.2 Å². The molecular weight excluding hydrogens is 274 g/mol. The average Bonchev–Trinajstić information content (AvgIpc) is 2.94. The van der Waals surface area contributed by atoms with Gasteiger partial charge in [-0.25, -0.2) is 0 Å². The molecular formula is C14H17N3O4. The summed E-state index contributed by atoms with van der Waals surface area (Å²) in [7, 11) is 1.40. The van der Waals surface area contributed by atoms with Crippen molar-refractivity contribution in [2.75, 3.05) is 7.11 Å². The molecule has 7 nitrogen and oxygen atoms in total. The highest BCUT2D eigenvalue weighted by Gasteiger charge is 2.15. The average molecular weight is 291 g/mol. The standard InChI is InChI=1S/C14H17N3O4/c1-10(2)16-8-12(7-15-16)21-9-11-4-5-14(20-3)13(6-11)17(18)19/h4-8,10H,9H2,1-3H3. The van der Waals surface area contributed by atoms with Crippen LogP contribution in [0, 0.1) is 10.1 Å². The van der Waals surface area contributed by atoms with E-state index in [9.17, 15) is 10.1 Å². The van der Waals surface area contributed by atoms with E-state index in [2.05, 4.69) is 5.10 Å². The predicted octanol–water partition coefficient (Wildman–Crippen LogP) is 2.96. The lowest BCUT2D eigenvalue weighted by atomic mass is 10.2. The first-order valence-corrected chi connectivity index (χ1v) is 6.49. The minimum Gasteiger partial charge on any atom is -0.490 e. The van der Waals surface area contributed by atoms with Gasteiger partial charge < -0.3 is 9.47 Å². The molecule has 0 unspecified atom stereocenters. The third kappa shape index (κ3) is 3.50. The molecule has 112 valence electrons. The number of rotatable bonds is 6. The number of nitro groups is 1. The van der Waals surface area contributed by atoms with Crippen molar-refractivity contribution in [3.63, 3.8) is 0 Å². The molecule has 0 bridgehead atoms. The van der Waals surface area contributed by atoms with Crippen molar-refractivity contribution >= 4 is 5.69 Å². The van der Waals surface area contributed by atoms with Crippen LogP contribution in [0.1, 0.15) is 25.5 Å². The number of aromatic nitrogens is 2. The number of benzene rings is 1. The normalized spacial score (nSPS) is 10.7. The van der Waals surface area contributed by atoms with Gasteiger partial charge in [0, 0.05) is 12.1 Å². The lowest BCUT2D eigenvalue weighted by molar-refractivity contribution is -0.385. The van der Waals surface area contributed by atoms with E-state index >= 15 is 0 Å². The highest BCUT2D eigenvalue weighted by Crippen LogP contribution is 2.28. The molecule has 0 spiro atoms. The van der Waals surface area contributed by atoms with Crippen LogP contribution in [0.5, 0.6) is 11.5 Å². The molecule has 0 fully saturated rings. The first kappa shape index (κ1) is 14.8. The summed E-state index contributed by atoms with van der Waals surface area (Å²) >= 11 is 0. The van der Waals surface area contributed by atoms with Crippen molar-refractivity contribution in [3.05, 3.63) is 46.3 Å². The molecule has 7 heteroatoms. The van der Waals surface area contributed by atoms with Gasteiger partial charge in [-0.3, -0.25) is 14.8 Å². The van der Waals surface area contributed by atoms with Crippen molar-refractivity contribution in [2.24, 2.45) is 0 Å². The summed E-state index contributed by atoms with van der Waals surface area (Å²) in [5, 5.41) is 15.1. The van der Waals surface area contributed by atoms with Gasteiger partial charge in [0.25, 0.3) is 0 Å². The third-order valence-electron chi connectivity index (χ3n) is 2.95. The van der Waals surface area contributed by atoms with E-state index in [1.807, 2.05) is 13.8 Å². The Kier molecular flexibility index (Phi) is 4.42. The summed E-state index contributed by atoms with van der Waals surface area (Å²) < 4.78 is 12.3. The van der Waals surface area contributed by atoms with Gasteiger partial charge in [0.15, 0.2) is 11.5 Å². The van der Waals surface area contributed by atoms with Crippen molar-refractivity contribution < 1.29 is 14.4 Å². The first-order valence-electron chi connectivity index (χ1n) is 6.49. The summed E-state index contributed by atoms with van der Waals surface area (Å²) in [6, 6.07) is 5.00. The minimum atomic E-state index is -0.473. The van der Waals surface area contributed by atoms with Gasteiger partial charge in [0.05, 0.1) is 24.4 Å². The van der Waals surface area contributed by atoms with E-state index in [4.69, 9.17) is 9.47 Å². The molecule has 0 radical (unpaired) electrons. The smallest absolute Gasteiger partial charge is 0.311 e. The maximum absolute atomic E-state index is 11.0. The van der Waals surface area contributed by atoms with Gasteiger partial charge in [-0.1, -0.05) is 6.07 Å². The van der Waals surface area contributed by atoms with Crippen LogP contribution in [0.3, 0.4) is 0 Å². The molecule has 0 saturated heterocycles. The molecule has 0 atom stereocenters. The molecule has 1 aromatic heterocycles. The molecule has 2 rings (SSSR count). The number of hydrogen-bond donors (Lipinski definition) is 0. The Morgan fingerprint density at radius 1 is 1.43 bits per heavy atom. The zero-order valence-corrected chi connectivity index (χ0v) is 12.1. The summed E-state index contributed by atoms with van der Waals surface area (Å²) in [4.78, 5) is 10.5. The Hall–Kier alpha value is -2.57. The number of nitro benzene ring substituents is 1. The van der Waals surface area contributed by atoms with E-state index in [1.54, 1.807) is 29.2 Å². The highest BCUT2D eigenvalue weighted by atomic mass is 16.6. The number of ether oxygens (including phenoxy) is 2. The number of nitrogens with zero attached hydrogens (tertiary/aromatic N) is 3. The van der Waals surface area contributed by atoms with Gasteiger partial charge >= 0.3 is 5.69 Å². The van der Waals surface area contributed by atoms with Crippen LogP contribution in [-0.2, 0) is 6.61 Å². The fourth-order valence-electron chi connectivity index (χ4n) is 1.81. The second-order valence-electron chi connectivity index (χ2n) is 4.80. The SMILES string of the molecule is COc1ccc(COc2cnn(C(C)C)c2)cc1[N+](=O)[O-]. The Morgan fingerprint density at radius 3 is 2.76 bits per heavy atom. The monoisotopic (exact) mass is 291 g/mol. The molecule has 0 aliphatic carbocycles. The van der Waals surface area contributed by atoms with Crippen LogP contribution in [0.25, 0.3) is 0 Å². The molecule has 0 N–H and O–H groups in total. The van der Waals surface area contributed by atoms with Crippen LogP contribution < -0.4 is 9.47 Å². The van der Waals surface area contributed by atoms with E-state index in [0.717, 1.165) is 0 Å². The van der Waals surface area contributed by atoms with Crippen LogP contribution >= 0.6 is 0 Å². The second kappa shape index (κ2) is 6.25. The molecule has 2 aromatic rings. The van der Waals surface area contributed by atoms with Crippen molar-refractivity contribution in [1.82, 2.24) is 9.78 Å². The maximum atomic E-state index is 11.0. The van der Waals surface area contributed by atoms with Crippen LogP contribution in [0.2, 0.25) is 0 Å². The topological polar surface area (TPSA) is 79.4 Å². The van der Waals surface area contributed by atoms with Crippen molar-refractivity contribution in [2.45, 2.75) is 26.5 Å². The Balaban J connectivity index is 2.09. The third-order valence-corrected chi connectivity index (χ3v) is 2.95. The second-order valence-corrected chi connectivity index (χ2v) is 4.80. The fourth-order valence-corrected chi connectivity index (χ4v) is 1.81. The zero-order chi connectivity index (χ0) is 15.4. The number of methoxy groups -OCH3 is 1. The van der Waals surface area contributed by atoms with Crippen LogP contribution in [0.15, 0.2) is 30.6 Å². The van der Waals surface area contributed by atoms with E-state index in [-0.39, 0.29) is 24.1 Å². The highest BCUT2D eigenvalue weighted by molar-refractivity contribution is 5.48. The Bertz CT molecular complexity index is 637.